The van der Waals surface area contributed by atoms with Crippen LogP contribution in [0, 0.1) is 11.8 Å². The fourth-order valence-electron chi connectivity index (χ4n) is 2.20. The first-order valence-corrected chi connectivity index (χ1v) is 7.82. The number of methoxy groups -OCH3 is 1. The first-order chi connectivity index (χ1) is 12.2. The Morgan fingerprint density at radius 3 is 2.56 bits per heavy atom. The van der Waals surface area contributed by atoms with Crippen molar-refractivity contribution in [2.75, 3.05) is 7.11 Å². The minimum atomic E-state index is -0.452. The van der Waals surface area contributed by atoms with E-state index < -0.39 is 5.97 Å². The Morgan fingerprint density at radius 2 is 1.88 bits per heavy atom. The molecule has 2 aromatic heterocycles. The molecule has 1 aromatic carbocycles. The number of halogens is 1. The number of hydrogen-bond acceptors (Lipinski definition) is 4. The monoisotopic (exact) mass is 348 g/mol. The maximum Gasteiger partial charge on any atom is 0.339 e. The van der Waals surface area contributed by atoms with Crippen molar-refractivity contribution in [3.63, 3.8) is 0 Å². The van der Waals surface area contributed by atoms with Crippen LogP contribution >= 0.6 is 11.6 Å². The van der Waals surface area contributed by atoms with E-state index in [0.717, 1.165) is 11.1 Å². The minimum absolute atomic E-state index is 0.357. The predicted octanol–water partition coefficient (Wildman–Crippen LogP) is 3.98. The number of carbonyl (C=O) groups is 1. The molecule has 0 unspecified atom stereocenters. The van der Waals surface area contributed by atoms with Gasteiger partial charge in [0.05, 0.1) is 12.7 Å². The molecule has 0 saturated heterocycles. The molecule has 122 valence electrons. The van der Waals surface area contributed by atoms with Crippen LogP contribution in [0.1, 0.15) is 21.7 Å². The van der Waals surface area contributed by atoms with Crippen molar-refractivity contribution in [1.82, 2.24) is 9.97 Å². The van der Waals surface area contributed by atoms with E-state index in [1.807, 2.05) is 30.3 Å². The summed E-state index contributed by atoms with van der Waals surface area (Å²) in [6.07, 6.45) is 3.13. The quantitative estimate of drug-likeness (QED) is 0.519. The van der Waals surface area contributed by atoms with Crippen molar-refractivity contribution >= 4 is 17.6 Å². The van der Waals surface area contributed by atoms with Gasteiger partial charge in [-0.2, -0.15) is 0 Å². The molecule has 0 spiro atoms. The van der Waals surface area contributed by atoms with Gasteiger partial charge in [-0.3, -0.25) is 0 Å². The van der Waals surface area contributed by atoms with Gasteiger partial charge in [0.1, 0.15) is 11.4 Å². The summed E-state index contributed by atoms with van der Waals surface area (Å²) < 4.78 is 4.77. The summed E-state index contributed by atoms with van der Waals surface area (Å²) >= 11 is 5.96. The third-order valence-electron chi connectivity index (χ3n) is 3.44. The smallest absolute Gasteiger partial charge is 0.339 e. The lowest BCUT2D eigenvalue weighted by atomic mass is 10.0. The number of esters is 1. The van der Waals surface area contributed by atoms with Crippen molar-refractivity contribution in [3.8, 4) is 23.0 Å². The lowest BCUT2D eigenvalue weighted by molar-refractivity contribution is 0.0600. The molecule has 0 N–H and O–H groups in total. The number of aromatic nitrogens is 2. The fourth-order valence-corrected chi connectivity index (χ4v) is 2.33. The Morgan fingerprint density at radius 1 is 1.08 bits per heavy atom. The van der Waals surface area contributed by atoms with Crippen LogP contribution in [0.5, 0.6) is 0 Å². The summed E-state index contributed by atoms with van der Waals surface area (Å²) in [4.78, 5) is 20.3. The Bertz CT molecular complexity index is 958. The third-order valence-corrected chi connectivity index (χ3v) is 3.69. The summed E-state index contributed by atoms with van der Waals surface area (Å²) in [6.45, 7) is 0. The number of ether oxygens (including phenoxy) is 1. The second-order valence-electron chi connectivity index (χ2n) is 5.08. The molecule has 3 aromatic rings. The number of hydrogen-bond donors (Lipinski definition) is 0. The number of rotatable bonds is 2. The van der Waals surface area contributed by atoms with Crippen molar-refractivity contribution in [2.45, 2.75) is 0 Å². The molecule has 0 radical (unpaired) electrons. The summed E-state index contributed by atoms with van der Waals surface area (Å²) in [5.41, 5.74) is 3.12. The molecule has 4 nitrogen and oxygen atoms in total. The molecular formula is C20H13ClN2O2. The van der Waals surface area contributed by atoms with Gasteiger partial charge in [-0.15, -0.1) is 0 Å². The molecule has 0 fully saturated rings. The molecule has 25 heavy (non-hydrogen) atoms. The van der Waals surface area contributed by atoms with E-state index in [9.17, 15) is 4.79 Å². The van der Waals surface area contributed by atoms with Crippen molar-refractivity contribution in [1.29, 1.82) is 0 Å². The number of carbonyl (C=O) groups excluding carboxylic acids is 1. The molecule has 0 aliphatic heterocycles. The highest BCUT2D eigenvalue weighted by Gasteiger charge is 2.12. The van der Waals surface area contributed by atoms with Crippen LogP contribution < -0.4 is 0 Å². The summed E-state index contributed by atoms with van der Waals surface area (Å²) in [5, 5.41) is 0.627. The number of nitrogens with zero attached hydrogens (tertiary/aromatic N) is 2. The lowest BCUT2D eigenvalue weighted by Crippen LogP contribution is -2.03. The number of pyridine rings is 2. The van der Waals surface area contributed by atoms with Gasteiger partial charge >= 0.3 is 5.97 Å². The van der Waals surface area contributed by atoms with E-state index in [2.05, 4.69) is 21.8 Å². The molecule has 3 rings (SSSR count). The largest absolute Gasteiger partial charge is 0.465 e. The molecule has 2 heterocycles. The standard InChI is InChI=1S/C20H13ClN2O2/c1-25-20(24)15-12-18(14-5-7-16(21)8-6-14)19(23-13-15)10-9-17-4-2-3-11-22-17/h2-8,11-13H,1H3. The first kappa shape index (κ1) is 16.7. The van der Waals surface area contributed by atoms with Crippen LogP contribution in [0.3, 0.4) is 0 Å². The fraction of sp³-hybridized carbons (Fsp3) is 0.0500. The van der Waals surface area contributed by atoms with Crippen LogP contribution in [0.4, 0.5) is 0 Å². The van der Waals surface area contributed by atoms with Gasteiger partial charge in [0, 0.05) is 23.0 Å². The predicted molar refractivity (Wildman–Crippen MR) is 96.2 cm³/mol. The van der Waals surface area contributed by atoms with E-state index in [1.165, 1.54) is 13.3 Å². The average molecular weight is 349 g/mol. The van der Waals surface area contributed by atoms with Crippen LogP contribution in [-0.2, 0) is 4.74 Å². The van der Waals surface area contributed by atoms with Gasteiger partial charge in [-0.25, -0.2) is 14.8 Å². The molecule has 0 bridgehead atoms. The molecule has 0 amide bonds. The average Bonchev–Trinajstić information content (AvgIpc) is 2.67. The van der Waals surface area contributed by atoms with Crippen LogP contribution in [0.15, 0.2) is 60.9 Å². The lowest BCUT2D eigenvalue weighted by Gasteiger charge is -2.07. The SMILES string of the molecule is COC(=O)c1cnc(C#Cc2ccccn2)c(-c2ccc(Cl)cc2)c1. The van der Waals surface area contributed by atoms with Gasteiger partial charge in [-0.1, -0.05) is 29.8 Å². The van der Waals surface area contributed by atoms with Crippen molar-refractivity contribution in [3.05, 3.63) is 82.9 Å². The van der Waals surface area contributed by atoms with Crippen LogP contribution in [0.25, 0.3) is 11.1 Å². The highest BCUT2D eigenvalue weighted by atomic mass is 35.5. The van der Waals surface area contributed by atoms with Gasteiger partial charge in [0.15, 0.2) is 0 Å². The molecule has 0 atom stereocenters. The van der Waals surface area contributed by atoms with Gasteiger partial charge in [0.2, 0.25) is 0 Å². The normalized spacial score (nSPS) is 9.84. The minimum Gasteiger partial charge on any atom is -0.465 e. The zero-order chi connectivity index (χ0) is 17.6. The molecule has 5 heteroatoms. The van der Waals surface area contributed by atoms with E-state index in [0.29, 0.717) is 22.0 Å². The second-order valence-corrected chi connectivity index (χ2v) is 5.52. The Hall–Kier alpha value is -3.16. The van der Waals surface area contributed by atoms with E-state index in [1.54, 1.807) is 24.4 Å². The first-order valence-electron chi connectivity index (χ1n) is 7.45. The second kappa shape index (κ2) is 7.61. The summed E-state index contributed by atoms with van der Waals surface area (Å²) in [5.74, 6) is 5.55. The Labute approximate surface area is 150 Å². The highest BCUT2D eigenvalue weighted by molar-refractivity contribution is 6.30. The molecule has 0 saturated carbocycles. The Balaban J connectivity index is 2.09. The zero-order valence-corrected chi connectivity index (χ0v) is 14.1. The van der Waals surface area contributed by atoms with E-state index in [-0.39, 0.29) is 0 Å². The molecular weight excluding hydrogens is 336 g/mol. The topological polar surface area (TPSA) is 52.1 Å². The maximum absolute atomic E-state index is 11.8. The van der Waals surface area contributed by atoms with Crippen molar-refractivity contribution in [2.24, 2.45) is 0 Å². The van der Waals surface area contributed by atoms with E-state index in [4.69, 9.17) is 16.3 Å². The van der Waals surface area contributed by atoms with Gasteiger partial charge in [-0.05, 0) is 47.7 Å². The number of benzene rings is 1. The molecule has 0 aliphatic rings. The highest BCUT2D eigenvalue weighted by Crippen LogP contribution is 2.25. The van der Waals surface area contributed by atoms with Crippen LogP contribution in [-0.4, -0.2) is 23.0 Å². The van der Waals surface area contributed by atoms with Gasteiger partial charge < -0.3 is 4.74 Å². The van der Waals surface area contributed by atoms with Crippen LogP contribution in [0.2, 0.25) is 5.02 Å². The summed E-state index contributed by atoms with van der Waals surface area (Å²) in [7, 11) is 1.33. The molecule has 0 aliphatic carbocycles. The summed E-state index contributed by atoms with van der Waals surface area (Å²) in [6, 6.07) is 14.5. The van der Waals surface area contributed by atoms with Gasteiger partial charge in [0.25, 0.3) is 0 Å². The van der Waals surface area contributed by atoms with Crippen molar-refractivity contribution < 1.29 is 9.53 Å². The van der Waals surface area contributed by atoms with E-state index >= 15 is 0 Å². The Kier molecular flexibility index (Phi) is 5.08. The third kappa shape index (κ3) is 4.03. The maximum atomic E-state index is 11.8. The zero-order valence-electron chi connectivity index (χ0n) is 13.4.